The van der Waals surface area contributed by atoms with Crippen molar-refractivity contribution in [3.63, 3.8) is 0 Å². The van der Waals surface area contributed by atoms with E-state index in [0.717, 1.165) is 29.5 Å². The Morgan fingerprint density at radius 3 is 3.08 bits per heavy atom. The number of thioether (sulfide) groups is 1. The molecule has 3 rings (SSSR count). The molecule has 6 heteroatoms. The van der Waals surface area contributed by atoms with Crippen LogP contribution in [0, 0.1) is 0 Å². The van der Waals surface area contributed by atoms with Gasteiger partial charge in [0.1, 0.15) is 0 Å². The molecule has 0 radical (unpaired) electrons. The minimum Gasteiger partial charge on any atom is -0.346 e. The SMILES string of the molecule is CSc1ncc(CNC(=O)c2cccc(C3CCCNC3)c2)n1C. The number of benzene rings is 1. The largest absolute Gasteiger partial charge is 0.346 e. The molecular formula is C18H24N4OS. The number of nitrogens with zero attached hydrogens (tertiary/aromatic N) is 2. The minimum atomic E-state index is -0.0347. The highest BCUT2D eigenvalue weighted by Crippen LogP contribution is 2.23. The van der Waals surface area contributed by atoms with Crippen molar-refractivity contribution in [2.75, 3.05) is 19.3 Å². The Hall–Kier alpha value is -1.79. The Balaban J connectivity index is 1.65. The first-order valence-corrected chi connectivity index (χ1v) is 9.55. The lowest BCUT2D eigenvalue weighted by molar-refractivity contribution is 0.0950. The van der Waals surface area contributed by atoms with Crippen LogP contribution in [0.3, 0.4) is 0 Å². The predicted octanol–water partition coefficient (Wildman–Crippen LogP) is 2.54. The van der Waals surface area contributed by atoms with E-state index in [1.165, 1.54) is 18.4 Å². The maximum absolute atomic E-state index is 12.5. The van der Waals surface area contributed by atoms with Crippen LogP contribution in [0.1, 0.15) is 40.4 Å². The molecule has 128 valence electrons. The van der Waals surface area contributed by atoms with Crippen molar-refractivity contribution in [2.45, 2.75) is 30.5 Å². The van der Waals surface area contributed by atoms with Crippen LogP contribution < -0.4 is 10.6 Å². The van der Waals surface area contributed by atoms with Crippen molar-refractivity contribution in [1.29, 1.82) is 0 Å². The third-order valence-electron chi connectivity index (χ3n) is 4.57. The second-order valence-electron chi connectivity index (χ2n) is 6.15. The Bertz CT molecular complexity index is 707. The molecule has 1 aliphatic rings. The lowest BCUT2D eigenvalue weighted by Gasteiger charge is -2.23. The van der Waals surface area contributed by atoms with Crippen LogP contribution in [-0.4, -0.2) is 34.8 Å². The first-order valence-electron chi connectivity index (χ1n) is 8.32. The average Bonchev–Trinajstić information content (AvgIpc) is 3.00. The third-order valence-corrected chi connectivity index (χ3v) is 5.32. The van der Waals surface area contributed by atoms with E-state index >= 15 is 0 Å². The smallest absolute Gasteiger partial charge is 0.251 e. The number of amides is 1. The number of rotatable bonds is 5. The number of imidazole rings is 1. The number of carbonyl (C=O) groups is 1. The Morgan fingerprint density at radius 1 is 1.50 bits per heavy atom. The van der Waals surface area contributed by atoms with E-state index in [2.05, 4.69) is 21.7 Å². The van der Waals surface area contributed by atoms with Gasteiger partial charge >= 0.3 is 0 Å². The predicted molar refractivity (Wildman–Crippen MR) is 97.4 cm³/mol. The summed E-state index contributed by atoms with van der Waals surface area (Å²) in [6.45, 7) is 2.58. The van der Waals surface area contributed by atoms with E-state index in [4.69, 9.17) is 0 Å². The van der Waals surface area contributed by atoms with Gasteiger partial charge in [0.2, 0.25) is 0 Å². The van der Waals surface area contributed by atoms with Gasteiger partial charge in [-0.1, -0.05) is 23.9 Å². The molecule has 1 atom stereocenters. The summed E-state index contributed by atoms with van der Waals surface area (Å²) in [5.41, 5.74) is 2.98. The molecule has 0 bridgehead atoms. The zero-order valence-corrected chi connectivity index (χ0v) is 15.0. The van der Waals surface area contributed by atoms with Gasteiger partial charge in [-0.15, -0.1) is 0 Å². The molecule has 24 heavy (non-hydrogen) atoms. The fraction of sp³-hybridized carbons (Fsp3) is 0.444. The van der Waals surface area contributed by atoms with Crippen molar-refractivity contribution in [3.8, 4) is 0 Å². The van der Waals surface area contributed by atoms with Gasteiger partial charge in [-0.05, 0) is 49.3 Å². The van der Waals surface area contributed by atoms with Crippen LogP contribution in [0.4, 0.5) is 0 Å². The maximum atomic E-state index is 12.5. The second-order valence-corrected chi connectivity index (χ2v) is 6.92. The Morgan fingerprint density at radius 2 is 2.38 bits per heavy atom. The molecule has 1 amide bonds. The number of piperidine rings is 1. The normalized spacial score (nSPS) is 17.7. The van der Waals surface area contributed by atoms with Crippen LogP contribution in [0.25, 0.3) is 0 Å². The van der Waals surface area contributed by atoms with Gasteiger partial charge in [0, 0.05) is 19.2 Å². The molecule has 2 N–H and O–H groups in total. The van der Waals surface area contributed by atoms with Gasteiger partial charge in [-0.25, -0.2) is 4.98 Å². The molecule has 0 aliphatic carbocycles. The standard InChI is InChI=1S/C18H24N4OS/c1-22-16(12-21-18(22)24-2)11-20-17(23)14-6-3-5-13(9-14)15-7-4-8-19-10-15/h3,5-6,9,12,15,19H,4,7-8,10-11H2,1-2H3,(H,20,23). The van der Waals surface area contributed by atoms with Crippen LogP contribution in [0.2, 0.25) is 0 Å². The molecule has 2 aromatic rings. The van der Waals surface area contributed by atoms with E-state index in [9.17, 15) is 4.79 Å². The van der Waals surface area contributed by atoms with Gasteiger partial charge in [0.05, 0.1) is 18.4 Å². The molecule has 1 aromatic heterocycles. The van der Waals surface area contributed by atoms with Gasteiger partial charge in [0.25, 0.3) is 5.91 Å². The van der Waals surface area contributed by atoms with E-state index in [1.54, 1.807) is 11.8 Å². The van der Waals surface area contributed by atoms with Gasteiger partial charge in [-0.3, -0.25) is 4.79 Å². The van der Waals surface area contributed by atoms with Crippen LogP contribution in [0.5, 0.6) is 0 Å². The first-order chi connectivity index (χ1) is 11.7. The molecule has 0 saturated carbocycles. The highest BCUT2D eigenvalue weighted by atomic mass is 32.2. The molecule has 1 fully saturated rings. The Kier molecular flexibility index (Phi) is 5.58. The molecular weight excluding hydrogens is 320 g/mol. The van der Waals surface area contributed by atoms with Crippen molar-refractivity contribution >= 4 is 17.7 Å². The first kappa shape index (κ1) is 17.0. The van der Waals surface area contributed by atoms with E-state index in [0.29, 0.717) is 12.5 Å². The summed E-state index contributed by atoms with van der Waals surface area (Å²) >= 11 is 1.60. The van der Waals surface area contributed by atoms with Crippen molar-refractivity contribution in [3.05, 3.63) is 47.3 Å². The lowest BCUT2D eigenvalue weighted by atomic mass is 9.90. The van der Waals surface area contributed by atoms with Gasteiger partial charge in [0.15, 0.2) is 5.16 Å². The van der Waals surface area contributed by atoms with Crippen molar-refractivity contribution in [2.24, 2.45) is 7.05 Å². The number of nitrogens with one attached hydrogen (secondary N) is 2. The summed E-state index contributed by atoms with van der Waals surface area (Å²) in [6, 6.07) is 8.02. The van der Waals surface area contributed by atoms with Crippen molar-refractivity contribution in [1.82, 2.24) is 20.2 Å². The molecule has 1 aliphatic heterocycles. The maximum Gasteiger partial charge on any atom is 0.251 e. The molecule has 1 aromatic carbocycles. The van der Waals surface area contributed by atoms with Crippen LogP contribution in [0.15, 0.2) is 35.6 Å². The molecule has 5 nitrogen and oxygen atoms in total. The zero-order valence-electron chi connectivity index (χ0n) is 14.2. The number of hydrogen-bond donors (Lipinski definition) is 2. The summed E-state index contributed by atoms with van der Waals surface area (Å²) < 4.78 is 2.01. The van der Waals surface area contributed by atoms with E-state index in [1.807, 2.05) is 42.3 Å². The average molecular weight is 344 g/mol. The summed E-state index contributed by atoms with van der Waals surface area (Å²) in [6.07, 6.45) is 6.19. The zero-order chi connectivity index (χ0) is 16.9. The van der Waals surface area contributed by atoms with E-state index in [-0.39, 0.29) is 5.91 Å². The van der Waals surface area contributed by atoms with Crippen LogP contribution in [-0.2, 0) is 13.6 Å². The van der Waals surface area contributed by atoms with Gasteiger partial charge in [-0.2, -0.15) is 0 Å². The Labute approximate surface area is 147 Å². The lowest BCUT2D eigenvalue weighted by Crippen LogP contribution is -2.28. The highest BCUT2D eigenvalue weighted by molar-refractivity contribution is 7.98. The van der Waals surface area contributed by atoms with Gasteiger partial charge < -0.3 is 15.2 Å². The number of hydrogen-bond acceptors (Lipinski definition) is 4. The topological polar surface area (TPSA) is 59.0 Å². The molecule has 0 spiro atoms. The summed E-state index contributed by atoms with van der Waals surface area (Å²) in [7, 11) is 1.97. The minimum absolute atomic E-state index is 0.0347. The molecule has 1 unspecified atom stereocenters. The monoisotopic (exact) mass is 344 g/mol. The number of carbonyl (C=O) groups excluding carboxylic acids is 1. The number of aromatic nitrogens is 2. The summed E-state index contributed by atoms with van der Waals surface area (Å²) in [4.78, 5) is 16.8. The van der Waals surface area contributed by atoms with Crippen LogP contribution >= 0.6 is 11.8 Å². The highest BCUT2D eigenvalue weighted by Gasteiger charge is 2.16. The fourth-order valence-corrected chi connectivity index (χ4v) is 3.67. The quantitative estimate of drug-likeness (QED) is 0.819. The fourth-order valence-electron chi connectivity index (χ4n) is 3.12. The summed E-state index contributed by atoms with van der Waals surface area (Å²) in [5.74, 6) is 0.472. The molecule has 2 heterocycles. The van der Waals surface area contributed by atoms with E-state index < -0.39 is 0 Å². The van der Waals surface area contributed by atoms with Crippen molar-refractivity contribution < 1.29 is 4.79 Å². The summed E-state index contributed by atoms with van der Waals surface area (Å²) in [5, 5.41) is 7.38. The molecule has 1 saturated heterocycles. The second kappa shape index (κ2) is 7.85. The third kappa shape index (κ3) is 3.82.